The predicted octanol–water partition coefficient (Wildman–Crippen LogP) is -0.916. The Labute approximate surface area is 76.8 Å². The van der Waals surface area contributed by atoms with Crippen LogP contribution in [0.5, 0.6) is 0 Å². The zero-order valence-corrected chi connectivity index (χ0v) is 9.94. The summed E-state index contributed by atoms with van der Waals surface area (Å²) in [6.45, 7) is 3.14. The van der Waals surface area contributed by atoms with E-state index in [-0.39, 0.29) is 13.2 Å². The monoisotopic (exact) mass is 254 g/mol. The first kappa shape index (κ1) is 16.6. The van der Waals surface area contributed by atoms with Crippen LogP contribution in [0.1, 0.15) is 13.8 Å². The van der Waals surface area contributed by atoms with Crippen LogP contribution in [0.25, 0.3) is 0 Å². The first-order chi connectivity index (χ1) is 4.24. The molecule has 0 aromatic carbocycles. The first-order valence-electron chi connectivity index (χ1n) is 2.67. The second kappa shape index (κ2) is 35.6. The molecule has 9 heavy (non-hydrogen) atoms. The minimum absolute atomic E-state index is 0. The van der Waals surface area contributed by atoms with Gasteiger partial charge in [-0.15, -0.1) is 13.2 Å². The Kier molecular flexibility index (Phi) is 65.6. The molecule has 0 spiro atoms. The minimum atomic E-state index is 0. The Morgan fingerprint density at radius 1 is 1.22 bits per heavy atom. The van der Waals surface area contributed by atoms with Crippen molar-refractivity contribution in [1.82, 2.24) is 0 Å². The molecule has 2 nitrogen and oxygen atoms in total. The van der Waals surface area contributed by atoms with Gasteiger partial charge < -0.3 is 10.2 Å². The van der Waals surface area contributed by atoms with Crippen molar-refractivity contribution in [3.05, 3.63) is 0 Å². The summed E-state index contributed by atoms with van der Waals surface area (Å²) in [5.74, 6) is 0. The number of hydrogen-bond acceptors (Lipinski definition) is 2. The van der Waals surface area contributed by atoms with Crippen LogP contribution < -0.4 is 10.2 Å². The van der Waals surface area contributed by atoms with E-state index in [4.69, 9.17) is 21.8 Å². The standard InChI is InChI=1S/2C2H5O.CH2Cl.In/c2*1-2-3;1-2;/h2*2H2,1H3;1H2;/q2*-1;;+2. The summed E-state index contributed by atoms with van der Waals surface area (Å²) in [4.78, 5) is 0. The molecule has 0 saturated carbocycles. The van der Waals surface area contributed by atoms with Crippen molar-refractivity contribution < 1.29 is 10.2 Å². The zero-order valence-electron chi connectivity index (χ0n) is 5.89. The third kappa shape index (κ3) is 390. The van der Waals surface area contributed by atoms with Crippen LogP contribution in [-0.4, -0.2) is 41.2 Å². The molecular weight excluding hydrogens is 242 g/mol. The molecule has 0 radical (unpaired) electrons. The van der Waals surface area contributed by atoms with Crippen LogP contribution in [-0.2, 0) is 0 Å². The molecule has 0 aliphatic carbocycles. The topological polar surface area (TPSA) is 46.1 Å². The van der Waals surface area contributed by atoms with Crippen molar-refractivity contribution in [2.24, 2.45) is 0 Å². The first-order valence-corrected chi connectivity index (χ1v) is 5.53. The summed E-state index contributed by atoms with van der Waals surface area (Å²) in [6.07, 6.45) is 0. The molecule has 0 aliphatic rings. The molecule has 4 heteroatoms. The zero-order chi connectivity index (χ0) is 8.12. The summed E-state index contributed by atoms with van der Waals surface area (Å²) >= 11 is 6.24. The Morgan fingerprint density at radius 3 is 1.22 bits per heavy atom. The van der Waals surface area contributed by atoms with E-state index < -0.39 is 0 Å². The Bertz CT molecular complexity index is 19.7. The quantitative estimate of drug-likeness (QED) is 0.525. The third-order valence-corrected chi connectivity index (χ3v) is 0. The van der Waals surface area contributed by atoms with Gasteiger partial charge in [0.05, 0.1) is 0 Å². The summed E-state index contributed by atoms with van der Waals surface area (Å²) in [5, 5.41) is 17.9. The number of alkyl halides is 1. The maximum atomic E-state index is 8.93. The van der Waals surface area contributed by atoms with Crippen LogP contribution in [0.4, 0.5) is 0 Å². The second-order valence-corrected chi connectivity index (χ2v) is 3.68. The van der Waals surface area contributed by atoms with Gasteiger partial charge in [-0.2, -0.15) is 0 Å². The molecule has 0 bridgehead atoms. The van der Waals surface area contributed by atoms with Gasteiger partial charge in [-0.1, -0.05) is 13.8 Å². The van der Waals surface area contributed by atoms with Gasteiger partial charge in [0.2, 0.25) is 0 Å². The normalized spacial score (nSPS) is 6.11. The predicted molar refractivity (Wildman–Crippen MR) is 37.6 cm³/mol. The Balaban J connectivity index is -0.0000000600. The van der Waals surface area contributed by atoms with Crippen molar-refractivity contribution in [2.45, 2.75) is 13.8 Å². The van der Waals surface area contributed by atoms with Crippen molar-refractivity contribution >= 4 is 36.0 Å². The molecule has 0 heterocycles. The van der Waals surface area contributed by atoms with Gasteiger partial charge >= 0.3 is 39.6 Å². The van der Waals surface area contributed by atoms with E-state index in [0.29, 0.717) is 0 Å². The van der Waals surface area contributed by atoms with Crippen molar-refractivity contribution in [2.75, 3.05) is 16.9 Å². The van der Waals surface area contributed by atoms with E-state index >= 15 is 0 Å². The average molecular weight is 254 g/mol. The van der Waals surface area contributed by atoms with Gasteiger partial charge in [-0.25, -0.2) is 0 Å². The Hall–Kier alpha value is 1.08. The summed E-state index contributed by atoms with van der Waals surface area (Å²) in [6, 6.07) is 0. The number of hydrogen-bond donors (Lipinski definition) is 0. The molecule has 0 aromatic heterocycles. The molecule has 54 valence electrons. The van der Waals surface area contributed by atoms with E-state index in [1.807, 2.05) is 0 Å². The molecule has 0 aliphatic heterocycles. The fraction of sp³-hybridized carbons (Fsp3) is 1.00. The van der Waals surface area contributed by atoms with Crippen molar-refractivity contribution in [3.8, 4) is 0 Å². The van der Waals surface area contributed by atoms with Crippen LogP contribution in [0.2, 0.25) is 0 Å². The molecule has 0 aromatic rings. The van der Waals surface area contributed by atoms with Crippen LogP contribution >= 0.6 is 11.6 Å². The molecule has 0 unspecified atom stereocenters. The summed E-state index contributed by atoms with van der Waals surface area (Å²) in [5.41, 5.74) is 0. The van der Waals surface area contributed by atoms with Gasteiger partial charge in [-0.3, -0.25) is 0 Å². The van der Waals surface area contributed by atoms with E-state index in [1.165, 1.54) is 24.4 Å². The summed E-state index contributed by atoms with van der Waals surface area (Å²) < 4.78 is 0.852. The van der Waals surface area contributed by atoms with Gasteiger partial charge in [0, 0.05) is 0 Å². The SMILES string of the molecule is CC[O-].CC[O-].Cl[CH2][In+2]. The molecule has 0 saturated heterocycles. The van der Waals surface area contributed by atoms with E-state index in [0.717, 1.165) is 3.64 Å². The molecule has 0 atom stereocenters. The van der Waals surface area contributed by atoms with Gasteiger partial charge in [0.25, 0.3) is 0 Å². The molecule has 0 fully saturated rings. The van der Waals surface area contributed by atoms with Crippen LogP contribution in [0.3, 0.4) is 0 Å². The van der Waals surface area contributed by atoms with Gasteiger partial charge in [0.15, 0.2) is 0 Å². The van der Waals surface area contributed by atoms with Crippen molar-refractivity contribution in [1.29, 1.82) is 0 Å². The number of halogens is 1. The summed E-state index contributed by atoms with van der Waals surface area (Å²) in [7, 11) is 0. The molecular formula is C5H12ClInO2. The fourth-order valence-electron chi connectivity index (χ4n) is 0. The third-order valence-electron chi connectivity index (χ3n) is 0. The van der Waals surface area contributed by atoms with Gasteiger partial charge in [-0.05, 0) is 0 Å². The second-order valence-electron chi connectivity index (χ2n) is 0.732. The molecule has 0 amide bonds. The van der Waals surface area contributed by atoms with Gasteiger partial charge in [0.1, 0.15) is 0 Å². The van der Waals surface area contributed by atoms with Crippen LogP contribution in [0, 0.1) is 0 Å². The van der Waals surface area contributed by atoms with E-state index in [2.05, 4.69) is 0 Å². The molecule has 0 N–H and O–H groups in total. The van der Waals surface area contributed by atoms with E-state index in [1.54, 1.807) is 13.8 Å². The molecule has 0 rings (SSSR count). The number of rotatable bonds is 0. The Morgan fingerprint density at radius 2 is 1.22 bits per heavy atom. The van der Waals surface area contributed by atoms with E-state index in [9.17, 15) is 0 Å². The maximum absolute atomic E-state index is 8.93. The fourth-order valence-corrected chi connectivity index (χ4v) is 0. The van der Waals surface area contributed by atoms with Crippen molar-refractivity contribution in [3.63, 3.8) is 0 Å². The average Bonchev–Trinajstić information content (AvgIpc) is 1.70. The van der Waals surface area contributed by atoms with Crippen LogP contribution in [0.15, 0.2) is 0 Å².